The van der Waals surface area contributed by atoms with E-state index in [1.54, 1.807) is 0 Å². The molecule has 20 heavy (non-hydrogen) atoms. The molecular formula is C15H18N2O2S. The van der Waals surface area contributed by atoms with Crippen molar-refractivity contribution >= 4 is 33.0 Å². The molecule has 0 aliphatic heterocycles. The molecule has 1 amide bonds. The van der Waals surface area contributed by atoms with Crippen molar-refractivity contribution in [3.8, 4) is 0 Å². The summed E-state index contributed by atoms with van der Waals surface area (Å²) in [5.41, 5.74) is 6.45. The minimum absolute atomic E-state index is 0.101. The maximum atomic E-state index is 12.3. The number of hydrogen-bond donors (Lipinski definition) is 3. The van der Waals surface area contributed by atoms with Crippen molar-refractivity contribution in [1.82, 2.24) is 5.32 Å². The second kappa shape index (κ2) is 5.42. The quantitative estimate of drug-likeness (QED) is 0.744. The number of aliphatic hydroxyl groups excluding tert-OH is 1. The molecule has 1 aromatic heterocycles. The molecule has 0 saturated heterocycles. The van der Waals surface area contributed by atoms with Crippen LogP contribution in [-0.4, -0.2) is 23.2 Å². The predicted molar refractivity (Wildman–Crippen MR) is 82.0 cm³/mol. The number of aliphatic hydroxyl groups is 1. The summed E-state index contributed by atoms with van der Waals surface area (Å²) in [4.78, 5) is 12.9. The van der Waals surface area contributed by atoms with Gasteiger partial charge < -0.3 is 16.2 Å². The largest absolute Gasteiger partial charge is 0.399 e. The van der Waals surface area contributed by atoms with Gasteiger partial charge in [-0.25, -0.2) is 0 Å². The lowest BCUT2D eigenvalue weighted by Gasteiger charge is -2.28. The van der Waals surface area contributed by atoms with Crippen LogP contribution in [0.3, 0.4) is 0 Å². The van der Waals surface area contributed by atoms with Crippen LogP contribution >= 0.6 is 11.3 Å². The lowest BCUT2D eigenvalue weighted by Crippen LogP contribution is -2.44. The van der Waals surface area contributed by atoms with Crippen LogP contribution in [0.1, 0.15) is 35.4 Å². The molecule has 4 nitrogen and oxygen atoms in total. The number of benzene rings is 1. The van der Waals surface area contributed by atoms with E-state index in [0.29, 0.717) is 10.6 Å². The summed E-state index contributed by atoms with van der Waals surface area (Å²) in [7, 11) is 0. The average Bonchev–Trinajstić information content (AvgIpc) is 2.84. The predicted octanol–water partition coefficient (Wildman–Crippen LogP) is 2.52. The highest BCUT2D eigenvalue weighted by Gasteiger charge is 2.25. The first-order chi connectivity index (χ1) is 9.63. The molecule has 5 heteroatoms. The first kappa shape index (κ1) is 13.4. The van der Waals surface area contributed by atoms with Crippen molar-refractivity contribution in [2.75, 3.05) is 5.73 Å². The van der Waals surface area contributed by atoms with Gasteiger partial charge in [-0.15, -0.1) is 11.3 Å². The van der Waals surface area contributed by atoms with E-state index in [1.165, 1.54) is 11.3 Å². The summed E-state index contributed by atoms with van der Waals surface area (Å²) in [6.45, 7) is 0. The number of rotatable bonds is 2. The summed E-state index contributed by atoms with van der Waals surface area (Å²) in [6, 6.07) is 7.39. The Hall–Kier alpha value is -1.59. The summed E-state index contributed by atoms with van der Waals surface area (Å²) in [5.74, 6) is -0.101. The van der Waals surface area contributed by atoms with Crippen molar-refractivity contribution in [2.45, 2.75) is 37.8 Å². The zero-order valence-corrected chi connectivity index (χ0v) is 12.0. The van der Waals surface area contributed by atoms with Gasteiger partial charge >= 0.3 is 0 Å². The Balaban J connectivity index is 1.78. The molecule has 4 N–H and O–H groups in total. The Morgan fingerprint density at radius 3 is 2.90 bits per heavy atom. The maximum Gasteiger partial charge on any atom is 0.261 e. The number of nitrogens with one attached hydrogen (secondary N) is 1. The minimum atomic E-state index is -0.419. The van der Waals surface area contributed by atoms with Crippen LogP contribution in [0.2, 0.25) is 0 Å². The van der Waals surface area contributed by atoms with Crippen LogP contribution in [-0.2, 0) is 0 Å². The summed E-state index contributed by atoms with van der Waals surface area (Å²) in [5, 5.41) is 13.9. The number of nitrogen functional groups attached to an aromatic ring is 1. The Kier molecular flexibility index (Phi) is 3.63. The van der Waals surface area contributed by atoms with Crippen LogP contribution in [0.5, 0.6) is 0 Å². The first-order valence-corrected chi connectivity index (χ1v) is 7.73. The van der Waals surface area contributed by atoms with Crippen molar-refractivity contribution in [3.05, 3.63) is 29.1 Å². The van der Waals surface area contributed by atoms with Gasteiger partial charge in [-0.05, 0) is 42.5 Å². The normalized spacial score (nSPS) is 22.9. The van der Waals surface area contributed by atoms with Gasteiger partial charge in [0.2, 0.25) is 0 Å². The summed E-state index contributed by atoms with van der Waals surface area (Å²) < 4.78 is 1.05. The topological polar surface area (TPSA) is 75.4 Å². The molecule has 0 spiro atoms. The average molecular weight is 290 g/mol. The Labute approximate surface area is 121 Å². The molecule has 1 aliphatic rings. The smallest absolute Gasteiger partial charge is 0.261 e. The van der Waals surface area contributed by atoms with Crippen LogP contribution in [0.15, 0.2) is 24.3 Å². The molecular weight excluding hydrogens is 272 g/mol. The second-order valence-electron chi connectivity index (χ2n) is 5.34. The number of carbonyl (C=O) groups excluding carboxylic acids is 1. The van der Waals surface area contributed by atoms with Gasteiger partial charge in [0.05, 0.1) is 17.0 Å². The number of carbonyl (C=O) groups is 1. The highest BCUT2D eigenvalue weighted by atomic mass is 32.1. The van der Waals surface area contributed by atoms with Crippen LogP contribution in [0.25, 0.3) is 10.1 Å². The minimum Gasteiger partial charge on any atom is -0.399 e. The Morgan fingerprint density at radius 1 is 1.30 bits per heavy atom. The van der Waals surface area contributed by atoms with Crippen LogP contribution in [0.4, 0.5) is 5.69 Å². The van der Waals surface area contributed by atoms with Gasteiger partial charge in [-0.3, -0.25) is 4.79 Å². The van der Waals surface area contributed by atoms with Crippen molar-refractivity contribution in [1.29, 1.82) is 0 Å². The third-order valence-electron chi connectivity index (χ3n) is 3.81. The van der Waals surface area contributed by atoms with E-state index in [0.717, 1.165) is 35.8 Å². The fourth-order valence-corrected chi connectivity index (χ4v) is 3.64. The van der Waals surface area contributed by atoms with Gasteiger partial charge in [0, 0.05) is 10.4 Å². The number of anilines is 1. The Bertz CT molecular complexity index is 638. The van der Waals surface area contributed by atoms with E-state index in [9.17, 15) is 9.90 Å². The molecule has 1 aromatic carbocycles. The SMILES string of the molecule is Nc1ccc2sc(C(=O)N[C@@H]3CCCC[C@H]3O)cc2c1. The number of fused-ring (bicyclic) bond motifs is 1. The van der Waals surface area contributed by atoms with Gasteiger partial charge in [0.15, 0.2) is 0 Å². The molecule has 1 saturated carbocycles. The van der Waals surface area contributed by atoms with E-state index < -0.39 is 6.10 Å². The van der Waals surface area contributed by atoms with E-state index in [4.69, 9.17) is 5.73 Å². The monoisotopic (exact) mass is 290 g/mol. The van der Waals surface area contributed by atoms with Crippen molar-refractivity contribution in [2.24, 2.45) is 0 Å². The number of amides is 1. The fraction of sp³-hybridized carbons (Fsp3) is 0.400. The van der Waals surface area contributed by atoms with E-state index in [1.807, 2.05) is 24.3 Å². The standard InChI is InChI=1S/C15H18N2O2S/c16-10-5-6-13-9(7-10)8-14(20-13)15(19)17-11-3-1-2-4-12(11)18/h5-8,11-12,18H,1-4,16H2,(H,17,19)/t11-,12-/m1/s1. The van der Waals surface area contributed by atoms with Crippen molar-refractivity contribution in [3.63, 3.8) is 0 Å². The first-order valence-electron chi connectivity index (χ1n) is 6.91. The lowest BCUT2D eigenvalue weighted by atomic mass is 9.92. The fourth-order valence-electron chi connectivity index (χ4n) is 2.69. The van der Waals surface area contributed by atoms with Crippen LogP contribution in [0, 0.1) is 0 Å². The lowest BCUT2D eigenvalue weighted by molar-refractivity contribution is 0.0720. The summed E-state index contributed by atoms with van der Waals surface area (Å²) >= 11 is 1.45. The van der Waals surface area contributed by atoms with E-state index in [2.05, 4.69) is 5.32 Å². The second-order valence-corrected chi connectivity index (χ2v) is 6.42. The molecule has 2 aromatic rings. The summed E-state index contributed by atoms with van der Waals surface area (Å²) in [6.07, 6.45) is 3.30. The zero-order chi connectivity index (χ0) is 14.1. The molecule has 0 radical (unpaired) electrons. The molecule has 2 atom stereocenters. The molecule has 1 aliphatic carbocycles. The number of hydrogen-bond acceptors (Lipinski definition) is 4. The van der Waals surface area contributed by atoms with Gasteiger partial charge in [-0.2, -0.15) is 0 Å². The van der Waals surface area contributed by atoms with Crippen LogP contribution < -0.4 is 11.1 Å². The van der Waals surface area contributed by atoms with Gasteiger partial charge in [0.25, 0.3) is 5.91 Å². The molecule has 1 heterocycles. The zero-order valence-electron chi connectivity index (χ0n) is 11.1. The van der Waals surface area contributed by atoms with Crippen molar-refractivity contribution < 1.29 is 9.90 Å². The van der Waals surface area contributed by atoms with Gasteiger partial charge in [0.1, 0.15) is 0 Å². The van der Waals surface area contributed by atoms with Gasteiger partial charge in [-0.1, -0.05) is 12.8 Å². The molecule has 0 bridgehead atoms. The highest BCUT2D eigenvalue weighted by Crippen LogP contribution is 2.28. The molecule has 1 fully saturated rings. The third-order valence-corrected chi connectivity index (χ3v) is 4.92. The molecule has 0 unspecified atom stereocenters. The maximum absolute atomic E-state index is 12.3. The molecule has 3 rings (SSSR count). The van der Waals surface area contributed by atoms with E-state index >= 15 is 0 Å². The number of thiophene rings is 1. The Morgan fingerprint density at radius 2 is 2.10 bits per heavy atom. The van der Waals surface area contributed by atoms with E-state index in [-0.39, 0.29) is 11.9 Å². The number of nitrogens with two attached hydrogens (primary N) is 1. The molecule has 106 valence electrons. The highest BCUT2D eigenvalue weighted by molar-refractivity contribution is 7.20. The third kappa shape index (κ3) is 2.64.